The molecule has 0 spiro atoms. The Morgan fingerprint density at radius 1 is 1.36 bits per heavy atom. The molecule has 1 heterocycles. The summed E-state index contributed by atoms with van der Waals surface area (Å²) >= 11 is 5.85. The van der Waals surface area contributed by atoms with Crippen LogP contribution in [0.15, 0.2) is 48.1 Å². The number of ether oxygens (including phenoxy) is 1. The van der Waals surface area contributed by atoms with Crippen molar-refractivity contribution in [2.24, 2.45) is 0 Å². The molecule has 132 valence electrons. The van der Waals surface area contributed by atoms with Crippen LogP contribution in [0.1, 0.15) is 12.0 Å². The van der Waals surface area contributed by atoms with Gasteiger partial charge >= 0.3 is 6.09 Å². The van der Waals surface area contributed by atoms with E-state index in [4.69, 9.17) is 16.3 Å². The van der Waals surface area contributed by atoms with E-state index in [9.17, 15) is 9.18 Å². The van der Waals surface area contributed by atoms with Crippen molar-refractivity contribution >= 4 is 29.0 Å². The van der Waals surface area contributed by atoms with Crippen molar-refractivity contribution in [3.8, 4) is 0 Å². The second-order valence-corrected chi connectivity index (χ2v) is 6.25. The molecule has 1 atom stereocenters. The van der Waals surface area contributed by atoms with Gasteiger partial charge in [-0.05, 0) is 42.8 Å². The standard InChI is InChI=1S/C19H20ClFN2O2/c1-22-11-16-12-23(19(24)25-16)15-7-8-17(18(21)9-15)14-4-2-3-13(10-20)5-6-14/h3-9,16,22H,2,10-12H2,1H3. The summed E-state index contributed by atoms with van der Waals surface area (Å²) in [7, 11) is 1.80. The first-order chi connectivity index (χ1) is 12.1. The molecule has 1 aliphatic carbocycles. The van der Waals surface area contributed by atoms with Crippen molar-refractivity contribution in [1.29, 1.82) is 0 Å². The lowest BCUT2D eigenvalue weighted by atomic mass is 10.0. The summed E-state index contributed by atoms with van der Waals surface area (Å²) in [6, 6.07) is 4.83. The monoisotopic (exact) mass is 362 g/mol. The van der Waals surface area contributed by atoms with Crippen molar-refractivity contribution in [3.63, 3.8) is 0 Å². The number of hydrogen-bond donors (Lipinski definition) is 1. The number of benzene rings is 1. The quantitative estimate of drug-likeness (QED) is 0.808. The molecule has 2 aliphatic rings. The number of allylic oxidation sites excluding steroid dienone is 6. The number of nitrogens with zero attached hydrogens (tertiary/aromatic N) is 1. The van der Waals surface area contributed by atoms with E-state index in [0.29, 0.717) is 36.6 Å². The van der Waals surface area contributed by atoms with Crippen LogP contribution in [0.2, 0.25) is 0 Å². The molecule has 1 amide bonds. The van der Waals surface area contributed by atoms with Crippen LogP contribution in [0.3, 0.4) is 0 Å². The van der Waals surface area contributed by atoms with E-state index in [2.05, 4.69) is 5.32 Å². The van der Waals surface area contributed by atoms with Crippen molar-refractivity contribution in [1.82, 2.24) is 5.32 Å². The van der Waals surface area contributed by atoms with Gasteiger partial charge in [0.15, 0.2) is 0 Å². The number of hydrogen-bond acceptors (Lipinski definition) is 3. The SMILES string of the molecule is CNCC1CN(c2ccc(C3=CCC=C(CCl)C=C3)c(F)c2)C(=O)O1. The molecule has 0 saturated carbocycles. The average molecular weight is 363 g/mol. The van der Waals surface area contributed by atoms with Gasteiger partial charge in [-0.1, -0.05) is 24.3 Å². The molecular formula is C19H20ClFN2O2. The second kappa shape index (κ2) is 7.85. The zero-order valence-corrected chi connectivity index (χ0v) is 14.7. The van der Waals surface area contributed by atoms with Crippen LogP contribution >= 0.6 is 11.6 Å². The summed E-state index contributed by atoms with van der Waals surface area (Å²) in [6.07, 6.45) is 7.78. The number of anilines is 1. The van der Waals surface area contributed by atoms with Gasteiger partial charge < -0.3 is 10.1 Å². The van der Waals surface area contributed by atoms with Crippen LogP contribution in [0.5, 0.6) is 0 Å². The molecule has 6 heteroatoms. The average Bonchev–Trinajstić information content (AvgIpc) is 2.82. The van der Waals surface area contributed by atoms with Crippen LogP contribution in [0.4, 0.5) is 14.9 Å². The van der Waals surface area contributed by atoms with Crippen molar-refractivity contribution in [3.05, 3.63) is 59.5 Å². The number of nitrogens with one attached hydrogen (secondary N) is 1. The molecule has 1 N–H and O–H groups in total. The summed E-state index contributed by atoms with van der Waals surface area (Å²) < 4.78 is 19.9. The molecule has 1 unspecified atom stereocenters. The van der Waals surface area contributed by atoms with Gasteiger partial charge in [0.2, 0.25) is 0 Å². The van der Waals surface area contributed by atoms with E-state index in [1.807, 2.05) is 24.3 Å². The van der Waals surface area contributed by atoms with Gasteiger partial charge in [-0.25, -0.2) is 9.18 Å². The Balaban J connectivity index is 1.80. The lowest BCUT2D eigenvalue weighted by Crippen LogP contribution is -2.29. The Morgan fingerprint density at radius 2 is 2.20 bits per heavy atom. The third-order valence-corrected chi connectivity index (χ3v) is 4.54. The zero-order chi connectivity index (χ0) is 17.8. The third kappa shape index (κ3) is 3.94. The molecule has 1 saturated heterocycles. The third-order valence-electron chi connectivity index (χ3n) is 4.23. The van der Waals surface area contributed by atoms with Crippen molar-refractivity contribution in [2.75, 3.05) is 30.9 Å². The molecule has 1 aliphatic heterocycles. The van der Waals surface area contributed by atoms with Crippen LogP contribution in [-0.2, 0) is 4.74 Å². The second-order valence-electron chi connectivity index (χ2n) is 5.98. The number of amides is 1. The molecule has 1 aromatic carbocycles. The van der Waals surface area contributed by atoms with Crippen LogP contribution in [0.25, 0.3) is 5.57 Å². The Hall–Kier alpha value is -2.11. The first kappa shape index (κ1) is 17.7. The highest BCUT2D eigenvalue weighted by Crippen LogP contribution is 2.29. The lowest BCUT2D eigenvalue weighted by molar-refractivity contribution is 0.141. The highest BCUT2D eigenvalue weighted by Gasteiger charge is 2.32. The summed E-state index contributed by atoms with van der Waals surface area (Å²) in [5, 5.41) is 2.97. The fourth-order valence-corrected chi connectivity index (χ4v) is 3.14. The molecular weight excluding hydrogens is 343 g/mol. The molecule has 0 aromatic heterocycles. The molecule has 1 fully saturated rings. The Morgan fingerprint density at radius 3 is 2.92 bits per heavy atom. The number of carbonyl (C=O) groups is 1. The van der Waals surface area contributed by atoms with E-state index >= 15 is 0 Å². The number of rotatable bonds is 5. The van der Waals surface area contributed by atoms with Gasteiger partial charge in [-0.15, -0.1) is 11.6 Å². The van der Waals surface area contributed by atoms with Crippen LogP contribution < -0.4 is 10.2 Å². The number of cyclic esters (lactones) is 1. The van der Waals surface area contributed by atoms with E-state index in [1.54, 1.807) is 19.2 Å². The molecule has 3 rings (SSSR count). The largest absolute Gasteiger partial charge is 0.443 e. The fraction of sp³-hybridized carbons (Fsp3) is 0.316. The van der Waals surface area contributed by atoms with Crippen LogP contribution in [0, 0.1) is 5.82 Å². The van der Waals surface area contributed by atoms with E-state index in [-0.39, 0.29) is 11.9 Å². The minimum Gasteiger partial charge on any atom is -0.443 e. The molecule has 4 nitrogen and oxygen atoms in total. The number of alkyl halides is 1. The predicted octanol–water partition coefficient (Wildman–Crippen LogP) is 3.88. The van der Waals surface area contributed by atoms with Gasteiger partial charge in [0.25, 0.3) is 0 Å². The van der Waals surface area contributed by atoms with Gasteiger partial charge in [0.1, 0.15) is 11.9 Å². The summed E-state index contributed by atoms with van der Waals surface area (Å²) in [6.45, 7) is 0.973. The van der Waals surface area contributed by atoms with Crippen molar-refractivity contribution < 1.29 is 13.9 Å². The Bertz CT molecular complexity index is 758. The highest BCUT2D eigenvalue weighted by atomic mass is 35.5. The summed E-state index contributed by atoms with van der Waals surface area (Å²) in [4.78, 5) is 13.4. The smallest absolute Gasteiger partial charge is 0.414 e. The maximum absolute atomic E-state index is 14.7. The predicted molar refractivity (Wildman–Crippen MR) is 98.5 cm³/mol. The van der Waals surface area contributed by atoms with Gasteiger partial charge in [-0.2, -0.15) is 0 Å². The lowest BCUT2D eigenvalue weighted by Gasteiger charge is -2.14. The Labute approximate surface area is 151 Å². The van der Waals surface area contributed by atoms with E-state index < -0.39 is 6.09 Å². The Kier molecular flexibility index (Phi) is 5.56. The van der Waals surface area contributed by atoms with Gasteiger partial charge in [-0.3, -0.25) is 4.90 Å². The number of carbonyl (C=O) groups excluding carboxylic acids is 1. The minimum absolute atomic E-state index is 0.229. The van der Waals surface area contributed by atoms with Crippen molar-refractivity contribution in [2.45, 2.75) is 12.5 Å². The zero-order valence-electron chi connectivity index (χ0n) is 14.0. The maximum Gasteiger partial charge on any atom is 0.414 e. The van der Waals surface area contributed by atoms with E-state index in [0.717, 1.165) is 11.1 Å². The summed E-state index contributed by atoms with van der Waals surface area (Å²) in [5.74, 6) is 0.0664. The summed E-state index contributed by atoms with van der Waals surface area (Å²) in [5.41, 5.74) is 2.82. The first-order valence-electron chi connectivity index (χ1n) is 8.18. The minimum atomic E-state index is -0.447. The normalized spacial score (nSPS) is 20.2. The topological polar surface area (TPSA) is 41.6 Å². The highest BCUT2D eigenvalue weighted by molar-refractivity contribution is 6.19. The maximum atomic E-state index is 14.7. The number of likely N-dealkylation sites (N-methyl/N-ethyl adjacent to an activating group) is 1. The molecule has 0 bridgehead atoms. The van der Waals surface area contributed by atoms with Crippen LogP contribution in [-0.4, -0.2) is 38.2 Å². The van der Waals surface area contributed by atoms with E-state index in [1.165, 1.54) is 11.0 Å². The fourth-order valence-electron chi connectivity index (χ4n) is 2.94. The molecule has 1 aromatic rings. The number of halogens is 2. The van der Waals surface area contributed by atoms with Gasteiger partial charge in [0.05, 0.1) is 12.2 Å². The molecule has 0 radical (unpaired) electrons. The molecule has 25 heavy (non-hydrogen) atoms. The first-order valence-corrected chi connectivity index (χ1v) is 8.71. The van der Waals surface area contributed by atoms with Gasteiger partial charge in [0, 0.05) is 18.0 Å².